The fourth-order valence-corrected chi connectivity index (χ4v) is 2.79. The normalized spacial score (nSPS) is 19.9. The van der Waals surface area contributed by atoms with Crippen LogP contribution in [0.1, 0.15) is 38.3 Å². The van der Waals surface area contributed by atoms with Gasteiger partial charge in [-0.3, -0.25) is 4.90 Å². The van der Waals surface area contributed by atoms with Crippen molar-refractivity contribution in [1.29, 1.82) is 0 Å². The van der Waals surface area contributed by atoms with Crippen LogP contribution in [0.25, 0.3) is 0 Å². The molecule has 1 aromatic carbocycles. The van der Waals surface area contributed by atoms with E-state index >= 15 is 0 Å². The second kappa shape index (κ2) is 6.69. The second-order valence-corrected chi connectivity index (χ2v) is 6.19. The van der Waals surface area contributed by atoms with E-state index in [4.69, 9.17) is 0 Å². The Morgan fingerprint density at radius 1 is 1.17 bits per heavy atom. The van der Waals surface area contributed by atoms with Gasteiger partial charge in [0.05, 0.1) is 0 Å². The van der Waals surface area contributed by atoms with Crippen molar-refractivity contribution in [3.63, 3.8) is 0 Å². The van der Waals surface area contributed by atoms with E-state index in [9.17, 15) is 0 Å². The molecule has 0 aromatic heterocycles. The van der Waals surface area contributed by atoms with Crippen LogP contribution in [0.15, 0.2) is 28.7 Å². The Bertz CT molecular complexity index is 357. The van der Waals surface area contributed by atoms with Crippen molar-refractivity contribution in [2.24, 2.45) is 0 Å². The summed E-state index contributed by atoms with van der Waals surface area (Å²) >= 11 is 3.47. The summed E-state index contributed by atoms with van der Waals surface area (Å²) in [5, 5.41) is 3.64. The molecular weight excluding hydrogens is 288 g/mol. The summed E-state index contributed by atoms with van der Waals surface area (Å²) in [4.78, 5) is 2.58. The summed E-state index contributed by atoms with van der Waals surface area (Å²) in [6.45, 7) is 8.18. The topological polar surface area (TPSA) is 15.3 Å². The van der Waals surface area contributed by atoms with Crippen LogP contribution in [-0.2, 0) is 0 Å². The summed E-state index contributed by atoms with van der Waals surface area (Å²) in [5.41, 5.74) is 1.35. The maximum absolute atomic E-state index is 3.64. The minimum absolute atomic E-state index is 0.420. The van der Waals surface area contributed by atoms with Crippen LogP contribution < -0.4 is 5.32 Å². The number of halogens is 1. The van der Waals surface area contributed by atoms with Gasteiger partial charge in [0, 0.05) is 23.1 Å². The molecule has 0 radical (unpaired) electrons. The highest BCUT2D eigenvalue weighted by molar-refractivity contribution is 9.10. The van der Waals surface area contributed by atoms with Gasteiger partial charge in [-0.15, -0.1) is 0 Å². The molecule has 1 aromatic rings. The van der Waals surface area contributed by atoms with E-state index in [2.05, 4.69) is 64.3 Å². The van der Waals surface area contributed by atoms with Crippen LogP contribution in [0.4, 0.5) is 0 Å². The lowest BCUT2D eigenvalue weighted by Crippen LogP contribution is -2.39. The molecular formula is C15H23BrN2. The van der Waals surface area contributed by atoms with Gasteiger partial charge >= 0.3 is 0 Å². The Morgan fingerprint density at radius 3 is 2.39 bits per heavy atom. The molecule has 1 aliphatic heterocycles. The smallest absolute Gasteiger partial charge is 0.0292 e. The first-order valence-electron chi connectivity index (χ1n) is 6.89. The molecule has 1 saturated heterocycles. The average molecular weight is 311 g/mol. The van der Waals surface area contributed by atoms with Gasteiger partial charge < -0.3 is 5.32 Å². The quantitative estimate of drug-likeness (QED) is 0.894. The molecule has 0 saturated carbocycles. The molecule has 0 bridgehead atoms. The largest absolute Gasteiger partial charge is 0.309 e. The van der Waals surface area contributed by atoms with Crippen molar-refractivity contribution in [3.8, 4) is 0 Å². The third-order valence-electron chi connectivity index (χ3n) is 3.85. The first kappa shape index (κ1) is 14.0. The zero-order chi connectivity index (χ0) is 13.0. The van der Waals surface area contributed by atoms with Gasteiger partial charge in [-0.2, -0.15) is 0 Å². The second-order valence-electron chi connectivity index (χ2n) is 5.27. The predicted molar refractivity (Wildman–Crippen MR) is 80.8 cm³/mol. The number of likely N-dealkylation sites (tertiary alicyclic amines) is 1. The molecule has 2 nitrogen and oxygen atoms in total. The van der Waals surface area contributed by atoms with Crippen molar-refractivity contribution < 1.29 is 0 Å². The number of hydrogen-bond acceptors (Lipinski definition) is 2. The van der Waals surface area contributed by atoms with Crippen molar-refractivity contribution in [1.82, 2.24) is 10.2 Å². The minimum Gasteiger partial charge on any atom is -0.309 e. The third-order valence-corrected chi connectivity index (χ3v) is 4.38. The van der Waals surface area contributed by atoms with Gasteiger partial charge in [-0.05, 0) is 57.5 Å². The Labute approximate surface area is 119 Å². The van der Waals surface area contributed by atoms with Crippen LogP contribution >= 0.6 is 15.9 Å². The summed E-state index contributed by atoms with van der Waals surface area (Å²) in [6, 6.07) is 9.65. The van der Waals surface area contributed by atoms with Crippen molar-refractivity contribution in [2.75, 3.05) is 19.6 Å². The van der Waals surface area contributed by atoms with Crippen molar-refractivity contribution >= 4 is 15.9 Å². The minimum atomic E-state index is 0.420. The van der Waals surface area contributed by atoms with Gasteiger partial charge in [0.25, 0.3) is 0 Å². The van der Waals surface area contributed by atoms with Crippen LogP contribution in [0.3, 0.4) is 0 Å². The van der Waals surface area contributed by atoms with E-state index in [1.165, 1.54) is 31.5 Å². The fraction of sp³-hybridized carbons (Fsp3) is 0.600. The monoisotopic (exact) mass is 310 g/mol. The molecule has 0 amide bonds. The predicted octanol–water partition coefficient (Wildman–Crippen LogP) is 3.58. The molecule has 0 spiro atoms. The summed E-state index contributed by atoms with van der Waals surface area (Å²) in [6.07, 6.45) is 2.74. The van der Waals surface area contributed by atoms with E-state index in [0.717, 1.165) is 11.0 Å². The van der Waals surface area contributed by atoms with E-state index in [-0.39, 0.29) is 0 Å². The standard InChI is InChI=1S/C15H23BrN2/c1-12(18-9-3-4-10-18)11-17-13(2)14-5-7-15(16)8-6-14/h5-8,12-13,17H,3-4,9-11H2,1-2H3. The maximum atomic E-state index is 3.64. The van der Waals surface area contributed by atoms with Crippen molar-refractivity contribution in [3.05, 3.63) is 34.3 Å². The zero-order valence-electron chi connectivity index (χ0n) is 11.3. The molecule has 1 N–H and O–H groups in total. The number of benzene rings is 1. The lowest BCUT2D eigenvalue weighted by atomic mass is 10.1. The fourth-order valence-electron chi connectivity index (χ4n) is 2.53. The molecule has 2 rings (SSSR count). The molecule has 100 valence electrons. The van der Waals surface area contributed by atoms with Crippen LogP contribution in [0, 0.1) is 0 Å². The molecule has 2 atom stereocenters. The van der Waals surface area contributed by atoms with Crippen molar-refractivity contribution in [2.45, 2.75) is 38.8 Å². The lowest BCUT2D eigenvalue weighted by molar-refractivity contribution is 0.247. The van der Waals surface area contributed by atoms with E-state index < -0.39 is 0 Å². The van der Waals surface area contributed by atoms with E-state index in [1.807, 2.05) is 0 Å². The summed E-state index contributed by atoms with van der Waals surface area (Å²) < 4.78 is 1.14. The van der Waals surface area contributed by atoms with Gasteiger partial charge in [0.2, 0.25) is 0 Å². The molecule has 3 heteroatoms. The summed E-state index contributed by atoms with van der Waals surface area (Å²) in [5.74, 6) is 0. The lowest BCUT2D eigenvalue weighted by Gasteiger charge is -2.26. The zero-order valence-corrected chi connectivity index (χ0v) is 12.9. The van der Waals surface area contributed by atoms with Gasteiger partial charge in [-0.25, -0.2) is 0 Å². The van der Waals surface area contributed by atoms with Gasteiger partial charge in [0.1, 0.15) is 0 Å². The van der Waals surface area contributed by atoms with E-state index in [1.54, 1.807) is 0 Å². The van der Waals surface area contributed by atoms with Gasteiger partial charge in [0.15, 0.2) is 0 Å². The number of rotatable bonds is 5. The molecule has 1 aliphatic rings. The highest BCUT2D eigenvalue weighted by atomic mass is 79.9. The summed E-state index contributed by atoms with van der Waals surface area (Å²) in [7, 11) is 0. The highest BCUT2D eigenvalue weighted by Gasteiger charge is 2.18. The van der Waals surface area contributed by atoms with Gasteiger partial charge in [-0.1, -0.05) is 28.1 Å². The molecule has 1 fully saturated rings. The van der Waals surface area contributed by atoms with E-state index in [0.29, 0.717) is 12.1 Å². The Morgan fingerprint density at radius 2 is 1.78 bits per heavy atom. The SMILES string of the molecule is CC(NCC(C)N1CCCC1)c1ccc(Br)cc1. The first-order chi connectivity index (χ1) is 8.66. The van der Waals surface area contributed by atoms with Crippen LogP contribution in [0.2, 0.25) is 0 Å². The molecule has 18 heavy (non-hydrogen) atoms. The molecule has 1 heterocycles. The van der Waals surface area contributed by atoms with Crippen LogP contribution in [0.5, 0.6) is 0 Å². The van der Waals surface area contributed by atoms with Crippen LogP contribution in [-0.4, -0.2) is 30.6 Å². The Balaban J connectivity index is 1.80. The number of nitrogens with one attached hydrogen (secondary N) is 1. The number of hydrogen-bond donors (Lipinski definition) is 1. The Hall–Kier alpha value is -0.380. The highest BCUT2D eigenvalue weighted by Crippen LogP contribution is 2.17. The first-order valence-corrected chi connectivity index (χ1v) is 7.69. The third kappa shape index (κ3) is 3.81. The average Bonchev–Trinajstić information content (AvgIpc) is 2.90. The molecule has 0 aliphatic carbocycles. The maximum Gasteiger partial charge on any atom is 0.0292 e. The molecule has 2 unspecified atom stereocenters. The Kier molecular flexibility index (Phi) is 5.22. The number of nitrogens with zero attached hydrogens (tertiary/aromatic N) is 1.